The largest absolute Gasteiger partial charge is 0.481 e. The Balaban J connectivity index is 2.31. The number of benzene rings is 1. The maximum absolute atomic E-state index is 10.8. The third-order valence-electron chi connectivity index (χ3n) is 3.38. The molecule has 2 N–H and O–H groups in total. The van der Waals surface area contributed by atoms with Crippen molar-refractivity contribution < 1.29 is 14.8 Å². The van der Waals surface area contributed by atoms with Gasteiger partial charge in [-0.3, -0.25) is 14.9 Å². The highest BCUT2D eigenvalue weighted by molar-refractivity contribution is 5.93. The fourth-order valence-corrected chi connectivity index (χ4v) is 2.18. The van der Waals surface area contributed by atoms with Gasteiger partial charge in [-0.15, -0.1) is 0 Å². The van der Waals surface area contributed by atoms with Crippen LogP contribution in [-0.2, 0) is 4.79 Å². The van der Waals surface area contributed by atoms with Gasteiger partial charge >= 0.3 is 5.97 Å². The number of hydrogen-bond donors (Lipinski definition) is 2. The predicted octanol–water partition coefficient (Wildman–Crippen LogP) is 3.20. The molecule has 1 aromatic carbocycles. The van der Waals surface area contributed by atoms with Crippen molar-refractivity contribution in [1.82, 2.24) is 4.98 Å². The Morgan fingerprint density at radius 1 is 1.41 bits per heavy atom. The molecule has 1 aromatic heterocycles. The van der Waals surface area contributed by atoms with Crippen LogP contribution in [0.1, 0.15) is 26.7 Å². The van der Waals surface area contributed by atoms with E-state index in [1.54, 1.807) is 18.3 Å². The normalized spacial score (nSPS) is 11.4. The summed E-state index contributed by atoms with van der Waals surface area (Å²) in [6, 6.07) is 6.28. The molecule has 0 bridgehead atoms. The van der Waals surface area contributed by atoms with E-state index < -0.39 is 16.4 Å². The SMILES string of the molecule is CC(C)(CCC(=O)O)Nc1nccc2cc([N+](=O)[O-])ccc12. The first-order valence-electron chi connectivity index (χ1n) is 6.82. The molecule has 0 fully saturated rings. The third kappa shape index (κ3) is 3.69. The molecule has 0 aliphatic carbocycles. The molecule has 0 aliphatic heterocycles. The number of rotatable bonds is 6. The number of aliphatic carboxylic acids is 1. The topological polar surface area (TPSA) is 105 Å². The van der Waals surface area contributed by atoms with E-state index >= 15 is 0 Å². The van der Waals surface area contributed by atoms with Crippen LogP contribution in [0, 0.1) is 10.1 Å². The summed E-state index contributed by atoms with van der Waals surface area (Å²) in [7, 11) is 0. The molecular weight excluding hydrogens is 286 g/mol. The lowest BCUT2D eigenvalue weighted by Crippen LogP contribution is -2.32. The number of nitrogens with one attached hydrogen (secondary N) is 1. The predicted molar refractivity (Wildman–Crippen MR) is 83.0 cm³/mol. The van der Waals surface area contributed by atoms with Gasteiger partial charge in [0.1, 0.15) is 5.82 Å². The second-order valence-corrected chi connectivity index (χ2v) is 5.72. The van der Waals surface area contributed by atoms with Crippen molar-refractivity contribution in [3.63, 3.8) is 0 Å². The van der Waals surface area contributed by atoms with Gasteiger partial charge in [0.2, 0.25) is 0 Å². The second-order valence-electron chi connectivity index (χ2n) is 5.72. The van der Waals surface area contributed by atoms with Gasteiger partial charge in [0.05, 0.1) is 4.92 Å². The van der Waals surface area contributed by atoms with E-state index in [1.807, 2.05) is 13.8 Å². The summed E-state index contributed by atoms with van der Waals surface area (Å²) < 4.78 is 0. The van der Waals surface area contributed by atoms with Gasteiger partial charge in [-0.05, 0) is 37.8 Å². The van der Waals surface area contributed by atoms with Crippen LogP contribution in [-0.4, -0.2) is 26.5 Å². The van der Waals surface area contributed by atoms with Gasteiger partial charge < -0.3 is 10.4 Å². The van der Waals surface area contributed by atoms with E-state index in [1.165, 1.54) is 12.1 Å². The Morgan fingerprint density at radius 3 is 2.77 bits per heavy atom. The third-order valence-corrected chi connectivity index (χ3v) is 3.38. The van der Waals surface area contributed by atoms with Gasteiger partial charge in [-0.25, -0.2) is 4.98 Å². The molecule has 1 heterocycles. The summed E-state index contributed by atoms with van der Waals surface area (Å²) >= 11 is 0. The summed E-state index contributed by atoms with van der Waals surface area (Å²) in [4.78, 5) is 25.4. The van der Waals surface area contributed by atoms with Crippen LogP contribution < -0.4 is 5.32 Å². The average molecular weight is 303 g/mol. The Hall–Kier alpha value is -2.70. The van der Waals surface area contributed by atoms with E-state index in [-0.39, 0.29) is 12.1 Å². The van der Waals surface area contributed by atoms with Gasteiger partial charge in [0.15, 0.2) is 0 Å². The van der Waals surface area contributed by atoms with E-state index in [0.717, 1.165) is 5.39 Å². The number of hydrogen-bond acceptors (Lipinski definition) is 5. The monoisotopic (exact) mass is 303 g/mol. The van der Waals surface area contributed by atoms with Crippen LogP contribution in [0.5, 0.6) is 0 Å². The van der Waals surface area contributed by atoms with Crippen molar-refractivity contribution in [1.29, 1.82) is 0 Å². The summed E-state index contributed by atoms with van der Waals surface area (Å²) in [6.07, 6.45) is 2.06. The number of aromatic nitrogens is 1. The number of nitro benzene ring substituents is 1. The molecule has 0 unspecified atom stereocenters. The zero-order chi connectivity index (χ0) is 16.3. The fourth-order valence-electron chi connectivity index (χ4n) is 2.18. The lowest BCUT2D eigenvalue weighted by atomic mass is 9.98. The molecule has 2 aromatic rings. The first-order chi connectivity index (χ1) is 10.3. The highest BCUT2D eigenvalue weighted by Crippen LogP contribution is 2.28. The van der Waals surface area contributed by atoms with Crippen LogP contribution in [0.2, 0.25) is 0 Å². The van der Waals surface area contributed by atoms with Gasteiger partial charge in [0.25, 0.3) is 5.69 Å². The number of carbonyl (C=O) groups is 1. The van der Waals surface area contributed by atoms with Crippen LogP contribution >= 0.6 is 0 Å². The van der Waals surface area contributed by atoms with Crippen molar-refractivity contribution in [2.75, 3.05) is 5.32 Å². The Kier molecular flexibility index (Phi) is 4.25. The highest BCUT2D eigenvalue weighted by Gasteiger charge is 2.20. The average Bonchev–Trinajstić information content (AvgIpc) is 2.44. The van der Waals surface area contributed by atoms with Gasteiger partial charge in [-0.1, -0.05) is 0 Å². The van der Waals surface area contributed by atoms with Crippen molar-refractivity contribution in [3.05, 3.63) is 40.6 Å². The number of carboxylic acids is 1. The van der Waals surface area contributed by atoms with E-state index in [4.69, 9.17) is 5.11 Å². The minimum atomic E-state index is -0.851. The number of non-ortho nitro benzene ring substituents is 1. The molecule has 116 valence electrons. The lowest BCUT2D eigenvalue weighted by molar-refractivity contribution is -0.384. The number of nitro groups is 1. The summed E-state index contributed by atoms with van der Waals surface area (Å²) in [5.41, 5.74) is -0.434. The Bertz CT molecular complexity index is 728. The van der Waals surface area contributed by atoms with Crippen LogP contribution in [0.25, 0.3) is 10.8 Å². The van der Waals surface area contributed by atoms with Crippen molar-refractivity contribution in [2.24, 2.45) is 0 Å². The molecule has 0 amide bonds. The van der Waals surface area contributed by atoms with Crippen molar-refractivity contribution in [2.45, 2.75) is 32.2 Å². The number of fused-ring (bicyclic) bond motifs is 1. The van der Waals surface area contributed by atoms with Crippen LogP contribution in [0.15, 0.2) is 30.5 Å². The smallest absolute Gasteiger partial charge is 0.303 e. The second kappa shape index (κ2) is 5.97. The van der Waals surface area contributed by atoms with Gasteiger partial charge in [-0.2, -0.15) is 0 Å². The molecular formula is C15H17N3O4. The maximum atomic E-state index is 10.8. The Morgan fingerprint density at radius 2 is 2.14 bits per heavy atom. The summed E-state index contributed by atoms with van der Waals surface area (Å²) in [5, 5.41) is 24.3. The maximum Gasteiger partial charge on any atom is 0.303 e. The van der Waals surface area contributed by atoms with E-state index in [0.29, 0.717) is 17.6 Å². The lowest BCUT2D eigenvalue weighted by Gasteiger charge is -2.27. The molecule has 0 atom stereocenters. The standard InChI is InChI=1S/C15H17N3O4/c1-15(2,7-5-13(19)20)17-14-12-4-3-11(18(21)22)9-10(12)6-8-16-14/h3-4,6,8-9H,5,7H2,1-2H3,(H,16,17)(H,19,20). The van der Waals surface area contributed by atoms with Gasteiger partial charge in [0, 0.05) is 35.7 Å². The van der Waals surface area contributed by atoms with Crippen LogP contribution in [0.3, 0.4) is 0 Å². The molecule has 0 spiro atoms. The number of nitrogens with zero attached hydrogens (tertiary/aromatic N) is 2. The number of carboxylic acid groups (broad SMARTS) is 1. The minimum absolute atomic E-state index is 0.0230. The molecule has 0 saturated heterocycles. The molecule has 7 nitrogen and oxygen atoms in total. The van der Waals surface area contributed by atoms with E-state index in [9.17, 15) is 14.9 Å². The van der Waals surface area contributed by atoms with Crippen molar-refractivity contribution in [3.8, 4) is 0 Å². The summed E-state index contributed by atoms with van der Waals surface area (Å²) in [6.45, 7) is 3.78. The molecule has 0 aliphatic rings. The zero-order valence-electron chi connectivity index (χ0n) is 12.4. The number of pyridine rings is 1. The highest BCUT2D eigenvalue weighted by atomic mass is 16.6. The molecule has 7 heteroatoms. The van der Waals surface area contributed by atoms with E-state index in [2.05, 4.69) is 10.3 Å². The molecule has 22 heavy (non-hydrogen) atoms. The number of anilines is 1. The molecule has 0 radical (unpaired) electrons. The fraction of sp³-hybridized carbons (Fsp3) is 0.333. The first kappa shape index (κ1) is 15.7. The summed E-state index contributed by atoms with van der Waals surface area (Å²) in [5.74, 6) is -0.265. The zero-order valence-corrected chi connectivity index (χ0v) is 12.4. The minimum Gasteiger partial charge on any atom is -0.481 e. The van der Waals surface area contributed by atoms with Crippen LogP contribution in [0.4, 0.5) is 11.5 Å². The Labute approximate surface area is 127 Å². The van der Waals surface area contributed by atoms with Crippen molar-refractivity contribution >= 4 is 28.2 Å². The quantitative estimate of drug-likeness (QED) is 0.627. The first-order valence-corrected chi connectivity index (χ1v) is 6.82. The molecule has 2 rings (SSSR count). The molecule has 0 saturated carbocycles.